The van der Waals surface area contributed by atoms with Crippen molar-refractivity contribution < 1.29 is 9.18 Å². The summed E-state index contributed by atoms with van der Waals surface area (Å²) in [6, 6.07) is 4.55. The number of hydrogen-bond donors (Lipinski definition) is 0. The van der Waals surface area contributed by atoms with Crippen LogP contribution in [0.4, 0.5) is 4.39 Å². The number of halogens is 1. The minimum Gasteiger partial charge on any atom is -0.299 e. The van der Waals surface area contributed by atoms with Gasteiger partial charge in [-0.3, -0.25) is 4.79 Å². The lowest BCUT2D eigenvalue weighted by Gasteiger charge is -1.97. The molecule has 0 aromatic carbocycles. The predicted molar refractivity (Wildman–Crippen MR) is 45.6 cm³/mol. The Morgan fingerprint density at radius 2 is 2.31 bits per heavy atom. The van der Waals surface area contributed by atoms with E-state index in [2.05, 4.69) is 4.98 Å². The highest BCUT2D eigenvalue weighted by molar-refractivity contribution is 5.84. The number of rotatable bonds is 3. The maximum atomic E-state index is 12.6. The maximum absolute atomic E-state index is 12.6. The van der Waals surface area contributed by atoms with Crippen molar-refractivity contribution in [2.24, 2.45) is 5.92 Å². The molecular weight excluding hydrogens is 169 g/mol. The quantitative estimate of drug-likeness (QED) is 0.661. The molecule has 0 atom stereocenters. The molecule has 2 rings (SSSR count). The van der Waals surface area contributed by atoms with Gasteiger partial charge in [0.25, 0.3) is 0 Å². The first-order chi connectivity index (χ1) is 6.25. The molecule has 13 heavy (non-hydrogen) atoms. The lowest BCUT2D eigenvalue weighted by atomic mass is 10.1. The molecule has 0 amide bonds. The average Bonchev–Trinajstić information content (AvgIpc) is 2.85. The topological polar surface area (TPSA) is 30.0 Å². The number of carbonyl (C=O) groups is 1. The number of nitrogens with zero attached hydrogens (tertiary/aromatic N) is 1. The van der Waals surface area contributed by atoms with Gasteiger partial charge in [0.05, 0.1) is 5.69 Å². The summed E-state index contributed by atoms with van der Waals surface area (Å²) < 4.78 is 12.6. The van der Waals surface area contributed by atoms with Crippen molar-refractivity contribution in [1.29, 1.82) is 0 Å². The average molecular weight is 179 g/mol. The third kappa shape index (κ3) is 2.11. The van der Waals surface area contributed by atoms with Crippen LogP contribution >= 0.6 is 0 Å². The van der Waals surface area contributed by atoms with Crippen LogP contribution in [0.1, 0.15) is 18.5 Å². The van der Waals surface area contributed by atoms with Gasteiger partial charge in [-0.15, -0.1) is 0 Å². The van der Waals surface area contributed by atoms with Crippen molar-refractivity contribution in [3.63, 3.8) is 0 Å². The summed E-state index contributed by atoms with van der Waals surface area (Å²) in [4.78, 5) is 15.0. The highest BCUT2D eigenvalue weighted by Crippen LogP contribution is 2.30. The van der Waals surface area contributed by atoms with E-state index in [0.29, 0.717) is 5.69 Å². The molecule has 68 valence electrons. The summed E-state index contributed by atoms with van der Waals surface area (Å²) in [6.07, 6.45) is 2.27. The molecule has 1 saturated carbocycles. The molecule has 0 spiro atoms. The fourth-order valence-corrected chi connectivity index (χ4v) is 1.28. The SMILES string of the molecule is O=C(Cc1cccc(F)n1)C1CC1. The molecule has 2 nitrogen and oxygen atoms in total. The van der Waals surface area contributed by atoms with Gasteiger partial charge in [-0.2, -0.15) is 4.39 Å². The van der Waals surface area contributed by atoms with E-state index in [9.17, 15) is 9.18 Å². The Kier molecular flexibility index (Phi) is 2.08. The lowest BCUT2D eigenvalue weighted by molar-refractivity contribution is -0.119. The fraction of sp³-hybridized carbons (Fsp3) is 0.400. The normalized spacial score (nSPS) is 15.8. The third-order valence-corrected chi connectivity index (χ3v) is 2.16. The number of hydrogen-bond acceptors (Lipinski definition) is 2. The smallest absolute Gasteiger partial charge is 0.213 e. The van der Waals surface area contributed by atoms with Crippen molar-refractivity contribution in [3.05, 3.63) is 29.8 Å². The highest BCUT2D eigenvalue weighted by atomic mass is 19.1. The Labute approximate surface area is 75.8 Å². The van der Waals surface area contributed by atoms with Gasteiger partial charge in [0.2, 0.25) is 5.95 Å². The van der Waals surface area contributed by atoms with Crippen LogP contribution in [0.15, 0.2) is 18.2 Å². The minimum atomic E-state index is -0.513. The molecule has 0 N–H and O–H groups in total. The first kappa shape index (κ1) is 8.35. The van der Waals surface area contributed by atoms with E-state index in [1.807, 2.05) is 0 Å². The number of aromatic nitrogens is 1. The van der Waals surface area contributed by atoms with Crippen LogP contribution in [0.25, 0.3) is 0 Å². The van der Waals surface area contributed by atoms with Crippen LogP contribution in [0.2, 0.25) is 0 Å². The summed E-state index contributed by atoms with van der Waals surface area (Å²) in [5.74, 6) is -0.0933. The van der Waals surface area contributed by atoms with Crippen molar-refractivity contribution >= 4 is 5.78 Å². The van der Waals surface area contributed by atoms with Gasteiger partial charge >= 0.3 is 0 Å². The third-order valence-electron chi connectivity index (χ3n) is 2.16. The molecule has 0 aliphatic heterocycles. The van der Waals surface area contributed by atoms with Crippen LogP contribution in [0, 0.1) is 11.9 Å². The Morgan fingerprint density at radius 3 is 2.92 bits per heavy atom. The minimum absolute atomic E-state index is 0.193. The number of carbonyl (C=O) groups excluding carboxylic acids is 1. The van der Waals surface area contributed by atoms with Gasteiger partial charge in [0.1, 0.15) is 5.78 Å². The molecule has 0 saturated heterocycles. The second-order valence-corrected chi connectivity index (χ2v) is 3.37. The van der Waals surface area contributed by atoms with E-state index < -0.39 is 5.95 Å². The van der Waals surface area contributed by atoms with Crippen molar-refractivity contribution in [3.8, 4) is 0 Å². The van der Waals surface area contributed by atoms with Gasteiger partial charge in [0.15, 0.2) is 0 Å². The van der Waals surface area contributed by atoms with E-state index in [1.54, 1.807) is 12.1 Å². The van der Waals surface area contributed by atoms with Crippen molar-refractivity contribution in [2.75, 3.05) is 0 Å². The molecule has 1 aliphatic rings. The zero-order valence-electron chi connectivity index (χ0n) is 7.16. The number of pyridine rings is 1. The van der Waals surface area contributed by atoms with Crippen molar-refractivity contribution in [1.82, 2.24) is 4.98 Å². The molecule has 1 aliphatic carbocycles. The Hall–Kier alpha value is -1.25. The number of Topliss-reactive ketones (excluding diaryl/α,β-unsaturated/α-hetero) is 1. The fourth-order valence-electron chi connectivity index (χ4n) is 1.28. The van der Waals surface area contributed by atoms with Crippen LogP contribution in [-0.4, -0.2) is 10.8 Å². The summed E-state index contributed by atoms with van der Waals surface area (Å²) in [6.45, 7) is 0. The standard InChI is InChI=1S/C10H10FNO/c11-10-3-1-2-8(12-10)6-9(13)7-4-5-7/h1-3,7H,4-6H2. The summed E-state index contributed by atoms with van der Waals surface area (Å²) in [5, 5.41) is 0. The monoisotopic (exact) mass is 179 g/mol. The summed E-state index contributed by atoms with van der Waals surface area (Å²) in [7, 11) is 0. The molecule has 1 aromatic heterocycles. The molecule has 1 heterocycles. The van der Waals surface area contributed by atoms with E-state index in [4.69, 9.17) is 0 Å². The first-order valence-corrected chi connectivity index (χ1v) is 4.40. The number of ketones is 1. The Bertz CT molecular complexity index is 333. The van der Waals surface area contributed by atoms with Gasteiger partial charge < -0.3 is 0 Å². The maximum Gasteiger partial charge on any atom is 0.213 e. The summed E-state index contributed by atoms with van der Waals surface area (Å²) in [5.41, 5.74) is 0.539. The van der Waals surface area contributed by atoms with Gasteiger partial charge in [-0.1, -0.05) is 6.07 Å². The Morgan fingerprint density at radius 1 is 1.54 bits per heavy atom. The van der Waals surface area contributed by atoms with E-state index in [0.717, 1.165) is 12.8 Å². The molecule has 1 aromatic rings. The lowest BCUT2D eigenvalue weighted by Crippen LogP contribution is -2.06. The van der Waals surface area contributed by atoms with E-state index in [-0.39, 0.29) is 18.1 Å². The van der Waals surface area contributed by atoms with Gasteiger partial charge in [-0.25, -0.2) is 4.98 Å². The zero-order valence-corrected chi connectivity index (χ0v) is 7.16. The molecular formula is C10H10FNO. The molecule has 0 unspecified atom stereocenters. The second-order valence-electron chi connectivity index (χ2n) is 3.37. The van der Waals surface area contributed by atoms with E-state index >= 15 is 0 Å². The summed E-state index contributed by atoms with van der Waals surface area (Å²) >= 11 is 0. The first-order valence-electron chi connectivity index (χ1n) is 4.40. The molecule has 3 heteroatoms. The second kappa shape index (κ2) is 3.24. The van der Waals surface area contributed by atoms with Crippen LogP contribution < -0.4 is 0 Å². The van der Waals surface area contributed by atoms with E-state index in [1.165, 1.54) is 6.07 Å². The highest BCUT2D eigenvalue weighted by Gasteiger charge is 2.29. The van der Waals surface area contributed by atoms with Crippen molar-refractivity contribution in [2.45, 2.75) is 19.3 Å². The van der Waals surface area contributed by atoms with Gasteiger partial charge in [0, 0.05) is 12.3 Å². The van der Waals surface area contributed by atoms with Crippen LogP contribution in [0.3, 0.4) is 0 Å². The largest absolute Gasteiger partial charge is 0.299 e. The van der Waals surface area contributed by atoms with Crippen LogP contribution in [-0.2, 0) is 11.2 Å². The molecule has 0 radical (unpaired) electrons. The zero-order chi connectivity index (χ0) is 9.26. The van der Waals surface area contributed by atoms with Crippen LogP contribution in [0.5, 0.6) is 0 Å². The predicted octanol–water partition coefficient (Wildman–Crippen LogP) is 1.74. The Balaban J connectivity index is 2.04. The molecule has 0 bridgehead atoms. The van der Waals surface area contributed by atoms with Gasteiger partial charge in [-0.05, 0) is 25.0 Å². The molecule has 1 fully saturated rings.